The summed E-state index contributed by atoms with van der Waals surface area (Å²) in [6.07, 6.45) is 1.72. The summed E-state index contributed by atoms with van der Waals surface area (Å²) in [7, 11) is 0. The minimum Gasteiger partial charge on any atom is -0.349 e. The molecule has 1 aliphatic heterocycles. The molecule has 0 aliphatic carbocycles. The standard InChI is InChI=1S/C11H13ClN2S/c1-6-4-9(8(3)15-6)11-10(12)7(2)13-5-14-11/h4-5,11H,1-3H3,(H,13,14). The van der Waals surface area contributed by atoms with Gasteiger partial charge in [0.25, 0.3) is 0 Å². The van der Waals surface area contributed by atoms with E-state index in [1.54, 1.807) is 17.7 Å². The Balaban J connectivity index is 2.43. The van der Waals surface area contributed by atoms with Crippen molar-refractivity contribution in [1.29, 1.82) is 0 Å². The van der Waals surface area contributed by atoms with Gasteiger partial charge in [0.15, 0.2) is 0 Å². The lowest BCUT2D eigenvalue weighted by atomic mass is 10.1. The van der Waals surface area contributed by atoms with Gasteiger partial charge in [-0.1, -0.05) is 11.6 Å². The molecule has 80 valence electrons. The van der Waals surface area contributed by atoms with Crippen LogP contribution in [0.3, 0.4) is 0 Å². The number of aliphatic imine (C=N–C) groups is 1. The molecule has 1 aliphatic rings. The van der Waals surface area contributed by atoms with Crippen LogP contribution in [0.4, 0.5) is 0 Å². The maximum atomic E-state index is 6.26. The van der Waals surface area contributed by atoms with Crippen molar-refractivity contribution in [1.82, 2.24) is 5.32 Å². The first-order valence-corrected chi connectivity index (χ1v) is 6.00. The van der Waals surface area contributed by atoms with Crippen LogP contribution >= 0.6 is 22.9 Å². The lowest BCUT2D eigenvalue weighted by Gasteiger charge is -2.18. The first kappa shape index (κ1) is 10.7. The Labute approximate surface area is 98.7 Å². The Kier molecular flexibility index (Phi) is 2.85. The zero-order valence-electron chi connectivity index (χ0n) is 8.97. The fourth-order valence-corrected chi connectivity index (χ4v) is 2.87. The number of aryl methyl sites for hydroxylation is 2. The summed E-state index contributed by atoms with van der Waals surface area (Å²) < 4.78 is 0. The van der Waals surface area contributed by atoms with E-state index in [0.29, 0.717) is 0 Å². The molecule has 0 amide bonds. The molecule has 1 atom stereocenters. The number of thiophene rings is 1. The number of rotatable bonds is 1. The zero-order valence-corrected chi connectivity index (χ0v) is 10.5. The molecule has 0 saturated heterocycles. The maximum absolute atomic E-state index is 6.26. The molecule has 1 aromatic heterocycles. The molecule has 0 radical (unpaired) electrons. The molecule has 1 aromatic rings. The van der Waals surface area contributed by atoms with Gasteiger partial charge in [0.05, 0.1) is 11.4 Å². The summed E-state index contributed by atoms with van der Waals surface area (Å²) >= 11 is 8.05. The van der Waals surface area contributed by atoms with Gasteiger partial charge in [-0.3, -0.25) is 4.99 Å². The van der Waals surface area contributed by atoms with Gasteiger partial charge in [0.1, 0.15) is 6.04 Å². The molecule has 2 rings (SSSR count). The third-order valence-corrected chi connectivity index (χ3v) is 3.95. The van der Waals surface area contributed by atoms with E-state index in [-0.39, 0.29) is 6.04 Å². The second-order valence-corrected chi connectivity index (χ2v) is 5.53. The van der Waals surface area contributed by atoms with Crippen molar-refractivity contribution in [2.24, 2.45) is 4.99 Å². The highest BCUT2D eigenvalue weighted by Crippen LogP contribution is 2.36. The van der Waals surface area contributed by atoms with Crippen LogP contribution in [0.25, 0.3) is 0 Å². The van der Waals surface area contributed by atoms with Gasteiger partial charge >= 0.3 is 0 Å². The van der Waals surface area contributed by atoms with E-state index in [1.165, 1.54) is 15.3 Å². The van der Waals surface area contributed by atoms with E-state index in [2.05, 4.69) is 30.2 Å². The average Bonchev–Trinajstić information content (AvgIpc) is 2.50. The minimum absolute atomic E-state index is 0.0159. The topological polar surface area (TPSA) is 24.4 Å². The van der Waals surface area contributed by atoms with E-state index in [1.807, 2.05) is 6.92 Å². The average molecular weight is 241 g/mol. The van der Waals surface area contributed by atoms with Crippen molar-refractivity contribution in [3.8, 4) is 0 Å². The number of hydrogen-bond acceptors (Lipinski definition) is 3. The molecule has 1 N–H and O–H groups in total. The predicted octanol–water partition coefficient (Wildman–Crippen LogP) is 3.51. The second-order valence-electron chi connectivity index (χ2n) is 3.67. The number of nitrogens with zero attached hydrogens (tertiary/aromatic N) is 1. The molecule has 15 heavy (non-hydrogen) atoms. The fraction of sp³-hybridized carbons (Fsp3) is 0.364. The monoisotopic (exact) mass is 240 g/mol. The molecular weight excluding hydrogens is 228 g/mol. The lowest BCUT2D eigenvalue weighted by Crippen LogP contribution is -2.17. The first-order valence-electron chi connectivity index (χ1n) is 4.81. The number of allylic oxidation sites excluding steroid dienone is 1. The Morgan fingerprint density at radius 3 is 2.73 bits per heavy atom. The second kappa shape index (κ2) is 3.99. The predicted molar refractivity (Wildman–Crippen MR) is 66.7 cm³/mol. The van der Waals surface area contributed by atoms with E-state index in [9.17, 15) is 0 Å². The Hall–Kier alpha value is -0.800. The summed E-state index contributed by atoms with van der Waals surface area (Å²) in [5.41, 5.74) is 2.21. The normalized spacial score (nSPS) is 20.7. The molecule has 1 unspecified atom stereocenters. The van der Waals surface area contributed by atoms with Crippen LogP contribution in [-0.4, -0.2) is 6.34 Å². The van der Waals surface area contributed by atoms with Crippen LogP contribution in [0, 0.1) is 13.8 Å². The fourth-order valence-electron chi connectivity index (χ4n) is 1.69. The van der Waals surface area contributed by atoms with Crippen LogP contribution in [0.1, 0.15) is 28.3 Å². The third-order valence-electron chi connectivity index (χ3n) is 2.48. The van der Waals surface area contributed by atoms with E-state index in [0.717, 1.165) is 10.7 Å². The smallest absolute Gasteiger partial charge is 0.115 e. The highest BCUT2D eigenvalue weighted by Gasteiger charge is 2.21. The first-order chi connectivity index (χ1) is 7.09. The Morgan fingerprint density at radius 2 is 2.13 bits per heavy atom. The van der Waals surface area contributed by atoms with E-state index < -0.39 is 0 Å². The van der Waals surface area contributed by atoms with Crippen molar-refractivity contribution in [3.63, 3.8) is 0 Å². The van der Waals surface area contributed by atoms with Crippen LogP contribution in [0.2, 0.25) is 0 Å². The Morgan fingerprint density at radius 1 is 1.40 bits per heavy atom. The van der Waals surface area contributed by atoms with Crippen molar-refractivity contribution >= 4 is 29.3 Å². The van der Waals surface area contributed by atoms with Crippen molar-refractivity contribution < 1.29 is 0 Å². The third kappa shape index (κ3) is 1.94. The van der Waals surface area contributed by atoms with Gasteiger partial charge in [-0.25, -0.2) is 0 Å². The highest BCUT2D eigenvalue weighted by molar-refractivity contribution is 7.12. The van der Waals surface area contributed by atoms with Gasteiger partial charge in [-0.15, -0.1) is 11.3 Å². The number of nitrogens with one attached hydrogen (secondary N) is 1. The molecule has 0 aromatic carbocycles. The molecule has 2 heterocycles. The summed E-state index contributed by atoms with van der Waals surface area (Å²) in [5.74, 6) is 0. The Bertz CT molecular complexity index is 445. The minimum atomic E-state index is -0.0159. The SMILES string of the molecule is CC1=C(Cl)C(c2cc(C)sc2C)N=CN1. The van der Waals surface area contributed by atoms with Crippen LogP contribution < -0.4 is 5.32 Å². The molecule has 0 spiro atoms. The van der Waals surface area contributed by atoms with Crippen LogP contribution in [-0.2, 0) is 0 Å². The van der Waals surface area contributed by atoms with Gasteiger partial charge in [0, 0.05) is 15.5 Å². The van der Waals surface area contributed by atoms with Gasteiger partial charge in [0.2, 0.25) is 0 Å². The highest BCUT2D eigenvalue weighted by atomic mass is 35.5. The molecular formula is C11H13ClN2S. The quantitative estimate of drug-likeness (QED) is 0.798. The number of hydrogen-bond donors (Lipinski definition) is 1. The van der Waals surface area contributed by atoms with Gasteiger partial charge < -0.3 is 5.32 Å². The summed E-state index contributed by atoms with van der Waals surface area (Å²) in [4.78, 5) is 6.98. The van der Waals surface area contributed by atoms with Gasteiger partial charge in [-0.2, -0.15) is 0 Å². The largest absolute Gasteiger partial charge is 0.349 e. The van der Waals surface area contributed by atoms with Crippen LogP contribution in [0.5, 0.6) is 0 Å². The van der Waals surface area contributed by atoms with Crippen LogP contribution in [0.15, 0.2) is 21.8 Å². The molecule has 0 saturated carbocycles. The number of halogens is 1. The summed E-state index contributed by atoms with van der Waals surface area (Å²) in [6, 6.07) is 2.15. The van der Waals surface area contributed by atoms with E-state index in [4.69, 9.17) is 11.6 Å². The molecule has 0 fully saturated rings. The zero-order chi connectivity index (χ0) is 11.0. The lowest BCUT2D eigenvalue weighted by molar-refractivity contribution is 0.836. The van der Waals surface area contributed by atoms with Crippen molar-refractivity contribution in [2.45, 2.75) is 26.8 Å². The van der Waals surface area contributed by atoms with Crippen molar-refractivity contribution in [3.05, 3.63) is 32.1 Å². The summed E-state index contributed by atoms with van der Waals surface area (Å²) in [5, 5.41) is 3.81. The molecule has 0 bridgehead atoms. The maximum Gasteiger partial charge on any atom is 0.115 e. The van der Waals surface area contributed by atoms with Crippen molar-refractivity contribution in [2.75, 3.05) is 0 Å². The molecule has 2 nitrogen and oxygen atoms in total. The molecule has 4 heteroatoms. The van der Waals surface area contributed by atoms with Gasteiger partial charge in [-0.05, 0) is 32.4 Å². The summed E-state index contributed by atoms with van der Waals surface area (Å²) in [6.45, 7) is 6.19. The van der Waals surface area contributed by atoms with E-state index >= 15 is 0 Å².